The van der Waals surface area contributed by atoms with Gasteiger partial charge in [0.05, 0.1) is 0 Å². The summed E-state index contributed by atoms with van der Waals surface area (Å²) in [6, 6.07) is 10.1. The lowest BCUT2D eigenvalue weighted by atomic mass is 9.65. The quantitative estimate of drug-likeness (QED) is 0.0818. The van der Waals surface area contributed by atoms with Crippen molar-refractivity contribution in [1.29, 1.82) is 0 Å². The molecule has 56 heavy (non-hydrogen) atoms. The topological polar surface area (TPSA) is 77.5 Å². The van der Waals surface area contributed by atoms with Crippen molar-refractivity contribution in [2.24, 2.45) is 11.8 Å². The summed E-state index contributed by atoms with van der Waals surface area (Å²) in [5.41, 5.74) is 2.89. The predicted octanol–water partition coefficient (Wildman–Crippen LogP) is 8.88. The van der Waals surface area contributed by atoms with Gasteiger partial charge in [-0.05, 0) is 124 Å². The first kappa shape index (κ1) is 45.8. The lowest BCUT2D eigenvalue weighted by Crippen LogP contribution is -2.49. The number of aryl methyl sites for hydroxylation is 2. The fourth-order valence-electron chi connectivity index (χ4n) is 9.79. The number of nitrogens with zero attached hydrogens (tertiary/aromatic N) is 2. The summed E-state index contributed by atoms with van der Waals surface area (Å²) in [5.74, 6) is -0.763. The van der Waals surface area contributed by atoms with Crippen LogP contribution in [0.25, 0.3) is 0 Å². The number of methoxy groups -OCH3 is 2. The molecule has 4 unspecified atom stereocenters. The van der Waals surface area contributed by atoms with Gasteiger partial charge in [-0.3, -0.25) is 0 Å². The van der Waals surface area contributed by atoms with Crippen LogP contribution in [0.4, 0.5) is 8.78 Å². The Hall–Kier alpha value is -2.92. The second-order valence-corrected chi connectivity index (χ2v) is 17.3. The van der Waals surface area contributed by atoms with E-state index in [9.17, 15) is 18.4 Å². The summed E-state index contributed by atoms with van der Waals surface area (Å²) >= 11 is 0. The van der Waals surface area contributed by atoms with E-state index in [0.29, 0.717) is 38.5 Å². The van der Waals surface area contributed by atoms with Crippen molar-refractivity contribution in [2.45, 2.75) is 128 Å². The maximum absolute atomic E-state index is 14.1. The van der Waals surface area contributed by atoms with Crippen LogP contribution in [-0.2, 0) is 41.4 Å². The number of ether oxygens (including phenoxy) is 4. The summed E-state index contributed by atoms with van der Waals surface area (Å²) < 4.78 is 51.1. The number of hydrogen-bond acceptors (Lipinski definition) is 8. The number of carbonyl (C=O) groups is 2. The first-order chi connectivity index (χ1) is 26.7. The van der Waals surface area contributed by atoms with Gasteiger partial charge in [0.1, 0.15) is 36.1 Å². The van der Waals surface area contributed by atoms with Gasteiger partial charge >= 0.3 is 11.9 Å². The molecule has 314 valence electrons. The molecule has 0 bridgehead atoms. The largest absolute Gasteiger partial charge is 0.457 e. The molecule has 0 saturated carbocycles. The smallest absolute Gasteiger partial charge is 0.332 e. The number of benzene rings is 2. The highest BCUT2D eigenvalue weighted by molar-refractivity contribution is 5.72. The molecule has 2 aliphatic carbocycles. The molecule has 2 aliphatic rings. The number of fused-ring (bicyclic) bond motifs is 2. The van der Waals surface area contributed by atoms with E-state index < -0.39 is 11.2 Å². The van der Waals surface area contributed by atoms with E-state index >= 15 is 0 Å². The van der Waals surface area contributed by atoms with Gasteiger partial charge in [0.15, 0.2) is 0 Å². The summed E-state index contributed by atoms with van der Waals surface area (Å²) in [4.78, 5) is 30.4. The zero-order chi connectivity index (χ0) is 40.9. The van der Waals surface area contributed by atoms with E-state index in [0.717, 1.165) is 61.3 Å². The average Bonchev–Trinajstić information content (AvgIpc) is 3.14. The van der Waals surface area contributed by atoms with Crippen LogP contribution in [0.1, 0.15) is 126 Å². The molecular weight excluding hydrogens is 715 g/mol. The van der Waals surface area contributed by atoms with Gasteiger partial charge < -0.3 is 28.7 Å². The van der Waals surface area contributed by atoms with Crippen molar-refractivity contribution >= 4 is 11.9 Å². The number of hydrogen-bond donors (Lipinski definition) is 0. The van der Waals surface area contributed by atoms with E-state index in [4.69, 9.17) is 18.9 Å². The number of carbonyl (C=O) groups excluding carboxylic acids is 2. The summed E-state index contributed by atoms with van der Waals surface area (Å²) in [6.07, 6.45) is 11.1. The number of esters is 2. The van der Waals surface area contributed by atoms with Gasteiger partial charge in [-0.2, -0.15) is 0 Å². The molecular formula is C46H70F2N2O6. The minimum atomic E-state index is -0.663. The van der Waals surface area contributed by atoms with E-state index in [1.165, 1.54) is 52.0 Å². The normalized spacial score (nSPS) is 22.1. The number of halogens is 2. The molecule has 0 N–H and O–H groups in total. The number of rotatable bonds is 23. The van der Waals surface area contributed by atoms with Crippen LogP contribution >= 0.6 is 0 Å². The van der Waals surface area contributed by atoms with Crippen molar-refractivity contribution in [3.8, 4) is 0 Å². The molecule has 8 nitrogen and oxygen atoms in total. The average molecular weight is 785 g/mol. The Morgan fingerprint density at radius 2 is 1.02 bits per heavy atom. The summed E-state index contributed by atoms with van der Waals surface area (Å²) in [7, 11) is 7.31. The molecule has 0 aromatic heterocycles. The van der Waals surface area contributed by atoms with Crippen LogP contribution in [0.2, 0.25) is 0 Å². The molecule has 0 saturated heterocycles. The Morgan fingerprint density at radius 3 is 1.38 bits per heavy atom. The van der Waals surface area contributed by atoms with Crippen LogP contribution in [0, 0.1) is 23.5 Å². The van der Waals surface area contributed by atoms with Crippen LogP contribution < -0.4 is 0 Å². The van der Waals surface area contributed by atoms with Gasteiger partial charge in [0.2, 0.25) is 0 Å². The first-order valence-electron chi connectivity index (χ1n) is 21.1. The van der Waals surface area contributed by atoms with Crippen LogP contribution in [0.15, 0.2) is 36.4 Å². The van der Waals surface area contributed by atoms with Crippen molar-refractivity contribution in [3.05, 3.63) is 70.3 Å². The maximum atomic E-state index is 14.1. The second-order valence-electron chi connectivity index (χ2n) is 17.3. The Morgan fingerprint density at radius 1 is 0.643 bits per heavy atom. The third-order valence-electron chi connectivity index (χ3n) is 12.3. The Kier molecular flexibility index (Phi) is 17.8. The molecule has 4 atom stereocenters. The molecule has 0 aliphatic heterocycles. The molecule has 0 radical (unpaired) electrons. The molecule has 4 rings (SSSR count). The Bertz CT molecular complexity index is 1440. The van der Waals surface area contributed by atoms with Gasteiger partial charge in [0, 0.05) is 52.0 Å². The van der Waals surface area contributed by atoms with Crippen LogP contribution in [0.3, 0.4) is 0 Å². The van der Waals surface area contributed by atoms with E-state index in [-0.39, 0.29) is 60.5 Å². The van der Waals surface area contributed by atoms with E-state index in [2.05, 4.69) is 51.6 Å². The third-order valence-corrected chi connectivity index (χ3v) is 12.3. The molecule has 10 heteroatoms. The van der Waals surface area contributed by atoms with Crippen LogP contribution in [-0.4, -0.2) is 101 Å². The molecule has 0 fully saturated rings. The molecule has 0 amide bonds. The van der Waals surface area contributed by atoms with Crippen molar-refractivity contribution in [3.63, 3.8) is 0 Å². The highest BCUT2D eigenvalue weighted by atomic mass is 19.1. The van der Waals surface area contributed by atoms with E-state index in [1.807, 2.05) is 12.1 Å². The molecule has 0 heterocycles. The highest BCUT2D eigenvalue weighted by Gasteiger charge is 2.49. The predicted molar refractivity (Wildman–Crippen MR) is 218 cm³/mol. The van der Waals surface area contributed by atoms with Crippen molar-refractivity contribution in [1.82, 2.24) is 9.80 Å². The Balaban J connectivity index is 1.21. The fourth-order valence-corrected chi connectivity index (χ4v) is 9.79. The lowest BCUT2D eigenvalue weighted by molar-refractivity contribution is -0.173. The van der Waals surface area contributed by atoms with Gasteiger partial charge in [-0.1, -0.05) is 65.5 Å². The lowest BCUT2D eigenvalue weighted by Gasteiger charge is -2.47. The molecule has 2 aromatic carbocycles. The molecule has 0 spiro atoms. The van der Waals surface area contributed by atoms with Crippen LogP contribution in [0.5, 0.6) is 0 Å². The first-order valence-corrected chi connectivity index (χ1v) is 21.1. The summed E-state index contributed by atoms with van der Waals surface area (Å²) in [5, 5.41) is 0. The fraction of sp³-hybridized carbons (Fsp3) is 0.696. The zero-order valence-corrected chi connectivity index (χ0v) is 35.6. The minimum absolute atomic E-state index is 0.0199. The van der Waals surface area contributed by atoms with Gasteiger partial charge in [-0.25, -0.2) is 18.4 Å². The SMILES string of the molecule is COCC(=O)OC1(CCN(C)CCCCCCCCN(C)CCC2(OC(=O)COC)CCc3cc(F)ccc3C2C(C)C)CCc2cc(F)ccc2C1C(C)C. The van der Waals surface area contributed by atoms with Crippen molar-refractivity contribution < 1.29 is 37.3 Å². The van der Waals surface area contributed by atoms with E-state index in [1.54, 1.807) is 12.1 Å². The monoisotopic (exact) mass is 785 g/mol. The third kappa shape index (κ3) is 12.3. The zero-order valence-electron chi connectivity index (χ0n) is 35.6. The Labute approximate surface area is 336 Å². The number of unbranched alkanes of at least 4 members (excludes halogenated alkanes) is 5. The molecule has 2 aromatic rings. The standard InChI is InChI=1S/C46H70F2N2O6/c1-33(2)43-39-17-15-37(47)29-35(39)19-21-45(43,55-41(51)31-53-7)23-27-49(5)25-13-11-9-10-12-14-26-50(6)28-24-46(56-42(52)32-54-8)22-20-36-30-38(48)16-18-40(36)44(46)34(3)4/h15-18,29-30,33-34,43-44H,9-14,19-28,31-32H2,1-8H3. The second kappa shape index (κ2) is 21.7. The summed E-state index contributed by atoms with van der Waals surface area (Å²) in [6.45, 7) is 12.0. The minimum Gasteiger partial charge on any atom is -0.457 e. The maximum Gasteiger partial charge on any atom is 0.332 e. The highest BCUT2D eigenvalue weighted by Crippen LogP contribution is 2.49. The van der Waals surface area contributed by atoms with Crippen molar-refractivity contribution in [2.75, 3.05) is 67.7 Å². The van der Waals surface area contributed by atoms with Gasteiger partial charge in [-0.15, -0.1) is 0 Å². The van der Waals surface area contributed by atoms with Gasteiger partial charge in [0.25, 0.3) is 0 Å².